The smallest absolute Gasteiger partial charge is 0.319 e. The number of hydrogen-bond donors (Lipinski definition) is 4. The molecule has 0 bridgehead atoms. The van der Waals surface area contributed by atoms with Gasteiger partial charge < -0.3 is 21.3 Å². The standard InChI is InChI=1S/C16H24N4O2.ClH/c1-12(15(21)18-10-8-13-7-9-17-11-13)19-16(22)20-14-5-3-2-4-6-14;/h2-6,12-13,17H,7-11H2,1H3,(H,18,21)(H2,19,20,22);1H. The number of benzene rings is 1. The first-order chi connectivity index (χ1) is 10.6. The number of amides is 3. The van der Waals surface area contributed by atoms with Crippen LogP contribution in [-0.2, 0) is 4.79 Å². The predicted octanol–water partition coefficient (Wildman–Crippen LogP) is 1.73. The van der Waals surface area contributed by atoms with Crippen molar-refractivity contribution in [1.29, 1.82) is 0 Å². The van der Waals surface area contributed by atoms with E-state index in [1.54, 1.807) is 19.1 Å². The third-order valence-corrected chi connectivity index (χ3v) is 3.79. The Morgan fingerprint density at radius 3 is 2.70 bits per heavy atom. The molecule has 7 heteroatoms. The van der Waals surface area contributed by atoms with Crippen LogP contribution in [0, 0.1) is 5.92 Å². The molecule has 0 aromatic heterocycles. The summed E-state index contributed by atoms with van der Waals surface area (Å²) in [7, 11) is 0. The summed E-state index contributed by atoms with van der Waals surface area (Å²) in [6, 6.07) is 8.19. The maximum atomic E-state index is 11.9. The van der Waals surface area contributed by atoms with Crippen molar-refractivity contribution in [2.75, 3.05) is 25.0 Å². The average Bonchev–Trinajstić information content (AvgIpc) is 3.01. The van der Waals surface area contributed by atoms with E-state index in [0.29, 0.717) is 18.2 Å². The van der Waals surface area contributed by atoms with Gasteiger partial charge in [0.15, 0.2) is 0 Å². The number of anilines is 1. The fraction of sp³-hybridized carbons (Fsp3) is 0.500. The molecule has 1 heterocycles. The Morgan fingerprint density at radius 1 is 1.30 bits per heavy atom. The van der Waals surface area contributed by atoms with Gasteiger partial charge in [0, 0.05) is 12.2 Å². The lowest BCUT2D eigenvalue weighted by molar-refractivity contribution is -0.122. The first kappa shape index (κ1) is 19.3. The van der Waals surface area contributed by atoms with Crippen molar-refractivity contribution in [1.82, 2.24) is 16.0 Å². The molecule has 0 radical (unpaired) electrons. The Labute approximate surface area is 143 Å². The monoisotopic (exact) mass is 340 g/mol. The molecule has 2 rings (SSSR count). The van der Waals surface area contributed by atoms with Gasteiger partial charge in [0.2, 0.25) is 5.91 Å². The summed E-state index contributed by atoms with van der Waals surface area (Å²) in [4.78, 5) is 23.7. The summed E-state index contributed by atoms with van der Waals surface area (Å²) in [6.07, 6.45) is 2.14. The normalized spacial score (nSPS) is 17.7. The molecule has 6 nitrogen and oxygen atoms in total. The molecule has 3 amide bonds. The van der Waals surface area contributed by atoms with Crippen molar-refractivity contribution in [3.05, 3.63) is 30.3 Å². The Hall–Kier alpha value is -1.79. The topological polar surface area (TPSA) is 82.3 Å². The number of halogens is 1. The van der Waals surface area contributed by atoms with Gasteiger partial charge in [-0.25, -0.2) is 4.79 Å². The molecule has 1 aromatic carbocycles. The number of hydrogen-bond acceptors (Lipinski definition) is 3. The van der Waals surface area contributed by atoms with Gasteiger partial charge in [-0.2, -0.15) is 0 Å². The molecule has 1 aliphatic rings. The summed E-state index contributed by atoms with van der Waals surface area (Å²) >= 11 is 0. The van der Waals surface area contributed by atoms with Gasteiger partial charge in [0.1, 0.15) is 6.04 Å². The minimum Gasteiger partial charge on any atom is -0.354 e. The van der Waals surface area contributed by atoms with E-state index in [1.807, 2.05) is 18.2 Å². The van der Waals surface area contributed by atoms with Crippen molar-refractivity contribution in [2.24, 2.45) is 5.92 Å². The number of nitrogens with one attached hydrogen (secondary N) is 4. The van der Waals surface area contributed by atoms with E-state index in [0.717, 1.165) is 19.5 Å². The van der Waals surface area contributed by atoms with Crippen LogP contribution in [0.4, 0.5) is 10.5 Å². The molecule has 0 saturated carbocycles. The number of carbonyl (C=O) groups excluding carboxylic acids is 2. The quantitative estimate of drug-likeness (QED) is 0.636. The molecule has 1 aliphatic heterocycles. The molecule has 2 atom stereocenters. The van der Waals surface area contributed by atoms with Crippen molar-refractivity contribution < 1.29 is 9.59 Å². The molecule has 4 N–H and O–H groups in total. The molecule has 0 aliphatic carbocycles. The van der Waals surface area contributed by atoms with Gasteiger partial charge in [0.25, 0.3) is 0 Å². The zero-order chi connectivity index (χ0) is 15.8. The van der Waals surface area contributed by atoms with Crippen molar-refractivity contribution >= 4 is 30.0 Å². The summed E-state index contributed by atoms with van der Waals surface area (Å²) < 4.78 is 0. The van der Waals surface area contributed by atoms with Crippen LogP contribution in [-0.4, -0.2) is 37.6 Å². The zero-order valence-corrected chi connectivity index (χ0v) is 14.1. The highest BCUT2D eigenvalue weighted by Crippen LogP contribution is 2.10. The third-order valence-electron chi connectivity index (χ3n) is 3.79. The van der Waals surface area contributed by atoms with Crippen molar-refractivity contribution in [3.63, 3.8) is 0 Å². The first-order valence-corrected chi connectivity index (χ1v) is 7.76. The third kappa shape index (κ3) is 6.88. The average molecular weight is 341 g/mol. The van der Waals surface area contributed by atoms with Gasteiger partial charge in [-0.3, -0.25) is 4.79 Å². The number of para-hydroxylation sites is 1. The Kier molecular flexibility index (Phi) is 8.43. The van der Waals surface area contributed by atoms with Crippen molar-refractivity contribution in [3.8, 4) is 0 Å². The lowest BCUT2D eigenvalue weighted by Crippen LogP contribution is -2.46. The van der Waals surface area contributed by atoms with Crippen LogP contribution < -0.4 is 21.3 Å². The van der Waals surface area contributed by atoms with E-state index in [2.05, 4.69) is 21.3 Å². The number of carbonyl (C=O) groups is 2. The van der Waals surface area contributed by atoms with Crippen LogP contribution in [0.5, 0.6) is 0 Å². The van der Waals surface area contributed by atoms with E-state index in [-0.39, 0.29) is 24.3 Å². The Balaban J connectivity index is 0.00000264. The van der Waals surface area contributed by atoms with Gasteiger partial charge in [0.05, 0.1) is 0 Å². The van der Waals surface area contributed by atoms with Crippen LogP contribution in [0.3, 0.4) is 0 Å². The molecule has 1 saturated heterocycles. The van der Waals surface area contributed by atoms with Gasteiger partial charge in [-0.1, -0.05) is 18.2 Å². The maximum absolute atomic E-state index is 11.9. The SMILES string of the molecule is CC(NC(=O)Nc1ccccc1)C(=O)NCCC1CCNC1.Cl. The molecule has 2 unspecified atom stereocenters. The van der Waals surface area contributed by atoms with E-state index >= 15 is 0 Å². The second kappa shape index (κ2) is 10.1. The largest absolute Gasteiger partial charge is 0.354 e. The zero-order valence-electron chi connectivity index (χ0n) is 13.3. The van der Waals surface area contributed by atoms with Gasteiger partial charge in [-0.05, 0) is 50.9 Å². The van der Waals surface area contributed by atoms with Crippen LogP contribution in [0.2, 0.25) is 0 Å². The lowest BCUT2D eigenvalue weighted by Gasteiger charge is -2.15. The fourth-order valence-corrected chi connectivity index (χ4v) is 2.46. The lowest BCUT2D eigenvalue weighted by atomic mass is 10.1. The molecule has 1 fully saturated rings. The minimum atomic E-state index is -0.564. The van der Waals surface area contributed by atoms with Crippen LogP contribution >= 0.6 is 12.4 Å². The van der Waals surface area contributed by atoms with E-state index in [4.69, 9.17) is 0 Å². The van der Waals surface area contributed by atoms with Crippen LogP contribution in [0.15, 0.2) is 30.3 Å². The fourth-order valence-electron chi connectivity index (χ4n) is 2.46. The van der Waals surface area contributed by atoms with E-state index in [1.165, 1.54) is 6.42 Å². The van der Waals surface area contributed by atoms with Crippen molar-refractivity contribution in [2.45, 2.75) is 25.8 Å². The molecular formula is C16H25ClN4O2. The summed E-state index contributed by atoms with van der Waals surface area (Å²) in [5, 5.41) is 11.5. The van der Waals surface area contributed by atoms with Crippen LogP contribution in [0.25, 0.3) is 0 Å². The summed E-state index contributed by atoms with van der Waals surface area (Å²) in [5.41, 5.74) is 0.696. The second-order valence-electron chi connectivity index (χ2n) is 5.62. The van der Waals surface area contributed by atoms with Gasteiger partial charge in [-0.15, -0.1) is 12.4 Å². The molecule has 23 heavy (non-hydrogen) atoms. The van der Waals surface area contributed by atoms with E-state index in [9.17, 15) is 9.59 Å². The highest BCUT2D eigenvalue weighted by molar-refractivity contribution is 5.93. The molecule has 128 valence electrons. The summed E-state index contributed by atoms with van der Waals surface area (Å²) in [6.45, 7) is 4.42. The van der Waals surface area contributed by atoms with Crippen LogP contribution in [0.1, 0.15) is 19.8 Å². The first-order valence-electron chi connectivity index (χ1n) is 7.76. The molecular weight excluding hydrogens is 316 g/mol. The Bertz CT molecular complexity index is 492. The highest BCUT2D eigenvalue weighted by atomic mass is 35.5. The second-order valence-corrected chi connectivity index (χ2v) is 5.62. The molecule has 0 spiro atoms. The summed E-state index contributed by atoms with van der Waals surface area (Å²) in [5.74, 6) is 0.485. The minimum absolute atomic E-state index is 0. The Morgan fingerprint density at radius 2 is 2.04 bits per heavy atom. The maximum Gasteiger partial charge on any atom is 0.319 e. The number of urea groups is 1. The molecule has 1 aromatic rings. The predicted molar refractivity (Wildman–Crippen MR) is 93.9 cm³/mol. The van der Waals surface area contributed by atoms with E-state index < -0.39 is 6.04 Å². The van der Waals surface area contributed by atoms with Gasteiger partial charge >= 0.3 is 6.03 Å². The number of rotatable bonds is 6. The highest BCUT2D eigenvalue weighted by Gasteiger charge is 2.17.